The van der Waals surface area contributed by atoms with Gasteiger partial charge < -0.3 is 5.73 Å². The fraction of sp³-hybridized carbons (Fsp3) is 0.615. The van der Waals surface area contributed by atoms with Crippen molar-refractivity contribution < 1.29 is 0 Å². The predicted octanol–water partition coefficient (Wildman–Crippen LogP) is 1.64. The van der Waals surface area contributed by atoms with E-state index in [1.165, 1.54) is 12.8 Å². The van der Waals surface area contributed by atoms with E-state index in [1.807, 2.05) is 18.3 Å². The molecule has 0 bridgehead atoms. The van der Waals surface area contributed by atoms with Crippen LogP contribution in [0.5, 0.6) is 0 Å². The van der Waals surface area contributed by atoms with Crippen LogP contribution in [-0.2, 0) is 6.54 Å². The molecule has 0 saturated heterocycles. The molecule has 3 heteroatoms. The number of aromatic nitrogens is 1. The zero-order valence-electron chi connectivity index (χ0n) is 9.97. The number of rotatable bonds is 6. The average molecular weight is 219 g/mol. The summed E-state index contributed by atoms with van der Waals surface area (Å²) in [6.07, 6.45) is 4.55. The molecular formula is C13H21N3. The Kier molecular flexibility index (Phi) is 3.91. The highest BCUT2D eigenvalue weighted by molar-refractivity contribution is 5.04. The van der Waals surface area contributed by atoms with Gasteiger partial charge in [-0.15, -0.1) is 0 Å². The molecule has 2 N–H and O–H groups in total. The van der Waals surface area contributed by atoms with E-state index in [-0.39, 0.29) is 0 Å². The molecule has 1 heterocycles. The zero-order valence-corrected chi connectivity index (χ0v) is 9.97. The second-order valence-electron chi connectivity index (χ2n) is 4.52. The van der Waals surface area contributed by atoms with Gasteiger partial charge in [0.1, 0.15) is 0 Å². The molecule has 1 atom stereocenters. The molecule has 3 nitrogen and oxygen atoms in total. The van der Waals surface area contributed by atoms with Crippen LogP contribution in [0.1, 0.15) is 25.5 Å². The van der Waals surface area contributed by atoms with Gasteiger partial charge in [-0.1, -0.05) is 13.0 Å². The molecular weight excluding hydrogens is 198 g/mol. The van der Waals surface area contributed by atoms with E-state index < -0.39 is 0 Å². The predicted molar refractivity (Wildman–Crippen MR) is 65.9 cm³/mol. The molecule has 1 aromatic rings. The van der Waals surface area contributed by atoms with Crippen LogP contribution in [0.25, 0.3) is 0 Å². The van der Waals surface area contributed by atoms with Gasteiger partial charge in [0.2, 0.25) is 0 Å². The quantitative estimate of drug-likeness (QED) is 0.791. The molecule has 1 saturated carbocycles. The van der Waals surface area contributed by atoms with Crippen molar-refractivity contribution in [1.29, 1.82) is 0 Å². The van der Waals surface area contributed by atoms with Crippen LogP contribution >= 0.6 is 0 Å². The van der Waals surface area contributed by atoms with Crippen molar-refractivity contribution >= 4 is 0 Å². The third-order valence-electron chi connectivity index (χ3n) is 3.37. The van der Waals surface area contributed by atoms with Crippen molar-refractivity contribution in [3.8, 4) is 0 Å². The largest absolute Gasteiger partial charge is 0.329 e. The van der Waals surface area contributed by atoms with Gasteiger partial charge in [0.25, 0.3) is 0 Å². The Bertz CT molecular complexity index is 308. The fourth-order valence-electron chi connectivity index (χ4n) is 2.28. The maximum atomic E-state index is 5.88. The molecule has 1 fully saturated rings. The Morgan fingerprint density at radius 2 is 2.31 bits per heavy atom. The second-order valence-corrected chi connectivity index (χ2v) is 4.52. The summed E-state index contributed by atoms with van der Waals surface area (Å²) < 4.78 is 0. The number of pyridine rings is 1. The van der Waals surface area contributed by atoms with Crippen LogP contribution in [0, 0.1) is 5.92 Å². The fourth-order valence-corrected chi connectivity index (χ4v) is 2.28. The first-order valence-corrected chi connectivity index (χ1v) is 6.19. The first kappa shape index (κ1) is 11.6. The molecule has 0 radical (unpaired) electrons. The van der Waals surface area contributed by atoms with Crippen LogP contribution in [0.4, 0.5) is 0 Å². The van der Waals surface area contributed by atoms with E-state index in [9.17, 15) is 0 Å². The van der Waals surface area contributed by atoms with Crippen molar-refractivity contribution in [2.75, 3.05) is 13.1 Å². The van der Waals surface area contributed by atoms with Crippen LogP contribution in [0.3, 0.4) is 0 Å². The molecule has 0 amide bonds. The number of hydrogen-bond acceptors (Lipinski definition) is 3. The standard InChI is InChI=1S/C13H21N3/c1-2-16(13(9-14)11-6-7-11)10-12-5-3-4-8-15-12/h3-5,8,11,13H,2,6-7,9-10,14H2,1H3. The van der Waals surface area contributed by atoms with E-state index in [0.29, 0.717) is 6.04 Å². The van der Waals surface area contributed by atoms with Crippen LogP contribution in [0.15, 0.2) is 24.4 Å². The molecule has 0 aliphatic heterocycles. The van der Waals surface area contributed by atoms with Gasteiger partial charge >= 0.3 is 0 Å². The minimum Gasteiger partial charge on any atom is -0.329 e. The summed E-state index contributed by atoms with van der Waals surface area (Å²) in [6.45, 7) is 4.95. The first-order chi connectivity index (χ1) is 7.85. The summed E-state index contributed by atoms with van der Waals surface area (Å²) >= 11 is 0. The Morgan fingerprint density at radius 3 is 2.81 bits per heavy atom. The Balaban J connectivity index is 1.99. The van der Waals surface area contributed by atoms with Crippen molar-refractivity contribution in [2.24, 2.45) is 11.7 Å². The Morgan fingerprint density at radius 1 is 1.50 bits per heavy atom. The van der Waals surface area contributed by atoms with E-state index in [1.54, 1.807) is 0 Å². The van der Waals surface area contributed by atoms with Crippen LogP contribution in [-0.4, -0.2) is 29.0 Å². The summed E-state index contributed by atoms with van der Waals surface area (Å²) in [4.78, 5) is 6.84. The van der Waals surface area contributed by atoms with Gasteiger partial charge in [0, 0.05) is 25.3 Å². The summed E-state index contributed by atoms with van der Waals surface area (Å²) in [5.41, 5.74) is 7.02. The number of hydrogen-bond donors (Lipinski definition) is 1. The number of nitrogens with two attached hydrogens (primary N) is 1. The van der Waals surface area contributed by atoms with Crippen LogP contribution < -0.4 is 5.73 Å². The van der Waals surface area contributed by atoms with Crippen LogP contribution in [0.2, 0.25) is 0 Å². The highest BCUT2D eigenvalue weighted by Gasteiger charge is 2.33. The lowest BCUT2D eigenvalue weighted by Crippen LogP contribution is -2.41. The maximum absolute atomic E-state index is 5.88. The average Bonchev–Trinajstić information content (AvgIpc) is 3.14. The lowest BCUT2D eigenvalue weighted by molar-refractivity contribution is 0.179. The summed E-state index contributed by atoms with van der Waals surface area (Å²) in [7, 11) is 0. The molecule has 1 aliphatic rings. The molecule has 16 heavy (non-hydrogen) atoms. The van der Waals surface area contributed by atoms with Crippen molar-refractivity contribution in [1.82, 2.24) is 9.88 Å². The van der Waals surface area contributed by atoms with Crippen molar-refractivity contribution in [2.45, 2.75) is 32.4 Å². The van der Waals surface area contributed by atoms with E-state index >= 15 is 0 Å². The maximum Gasteiger partial charge on any atom is 0.0544 e. The van der Waals surface area contributed by atoms with Gasteiger partial charge in [-0.2, -0.15) is 0 Å². The van der Waals surface area contributed by atoms with Crippen molar-refractivity contribution in [3.63, 3.8) is 0 Å². The second kappa shape index (κ2) is 5.41. The highest BCUT2D eigenvalue weighted by Crippen LogP contribution is 2.35. The molecule has 2 rings (SSSR count). The number of likely N-dealkylation sites (N-methyl/N-ethyl adjacent to an activating group) is 1. The normalized spacial score (nSPS) is 17.7. The zero-order chi connectivity index (χ0) is 11.4. The van der Waals surface area contributed by atoms with Gasteiger partial charge in [0.15, 0.2) is 0 Å². The third kappa shape index (κ3) is 2.80. The molecule has 88 valence electrons. The monoisotopic (exact) mass is 219 g/mol. The minimum absolute atomic E-state index is 0.548. The molecule has 0 spiro atoms. The molecule has 0 aromatic carbocycles. The van der Waals surface area contributed by atoms with Gasteiger partial charge in [-0.05, 0) is 37.4 Å². The molecule has 1 aromatic heterocycles. The van der Waals surface area contributed by atoms with E-state index in [0.717, 1.165) is 31.2 Å². The van der Waals surface area contributed by atoms with E-state index in [2.05, 4.69) is 22.9 Å². The van der Waals surface area contributed by atoms with Crippen molar-refractivity contribution in [3.05, 3.63) is 30.1 Å². The van der Waals surface area contributed by atoms with E-state index in [4.69, 9.17) is 5.73 Å². The van der Waals surface area contributed by atoms with Gasteiger partial charge in [-0.3, -0.25) is 9.88 Å². The topological polar surface area (TPSA) is 42.2 Å². The first-order valence-electron chi connectivity index (χ1n) is 6.19. The number of nitrogens with zero attached hydrogens (tertiary/aromatic N) is 2. The Labute approximate surface area is 97.7 Å². The Hall–Kier alpha value is -0.930. The molecule has 1 aliphatic carbocycles. The lowest BCUT2D eigenvalue weighted by atomic mass is 10.1. The minimum atomic E-state index is 0.548. The lowest BCUT2D eigenvalue weighted by Gasteiger charge is -2.29. The van der Waals surface area contributed by atoms with Gasteiger partial charge in [-0.25, -0.2) is 0 Å². The molecule has 1 unspecified atom stereocenters. The van der Waals surface area contributed by atoms with Gasteiger partial charge in [0.05, 0.1) is 5.69 Å². The summed E-state index contributed by atoms with van der Waals surface area (Å²) in [5, 5.41) is 0. The SMILES string of the molecule is CCN(Cc1ccccn1)C(CN)C1CC1. The smallest absolute Gasteiger partial charge is 0.0544 e. The summed E-state index contributed by atoms with van der Waals surface area (Å²) in [6, 6.07) is 6.64. The third-order valence-corrected chi connectivity index (χ3v) is 3.37. The summed E-state index contributed by atoms with van der Waals surface area (Å²) in [5.74, 6) is 0.827. The highest BCUT2D eigenvalue weighted by atomic mass is 15.2.